The minimum Gasteiger partial charge on any atom is -0.350 e. The summed E-state index contributed by atoms with van der Waals surface area (Å²) in [4.78, 5) is 12.0. The van der Waals surface area contributed by atoms with Gasteiger partial charge in [0, 0.05) is 24.7 Å². The maximum atomic E-state index is 12.0. The number of ketones is 1. The van der Waals surface area contributed by atoms with Crippen LogP contribution in [0.1, 0.15) is 59.3 Å². The van der Waals surface area contributed by atoms with Crippen LogP contribution in [-0.4, -0.2) is 24.3 Å². The lowest BCUT2D eigenvalue weighted by molar-refractivity contribution is -0.303. The summed E-state index contributed by atoms with van der Waals surface area (Å²) in [7, 11) is 0. The van der Waals surface area contributed by atoms with Crippen LogP contribution in [-0.2, 0) is 14.3 Å². The second kappa shape index (κ2) is 4.69. The normalized spacial score (nSPS) is 28.5. The van der Waals surface area contributed by atoms with Crippen molar-refractivity contribution in [3.63, 3.8) is 0 Å². The first-order valence-corrected chi connectivity index (χ1v) is 6.85. The van der Waals surface area contributed by atoms with Crippen LogP contribution in [0.3, 0.4) is 0 Å². The molecule has 0 N–H and O–H groups in total. The van der Waals surface area contributed by atoms with Gasteiger partial charge in [0.05, 0.1) is 12.7 Å². The van der Waals surface area contributed by atoms with Gasteiger partial charge >= 0.3 is 0 Å². The molecule has 98 valence electrons. The number of Topliss-reactive ketones (excluding diaryl/α,β-unsaturated/α-hetero) is 1. The molecule has 0 bridgehead atoms. The van der Waals surface area contributed by atoms with E-state index in [1.165, 1.54) is 12.8 Å². The van der Waals surface area contributed by atoms with E-state index in [9.17, 15) is 4.79 Å². The monoisotopic (exact) mass is 240 g/mol. The number of hydrogen-bond donors (Lipinski definition) is 0. The lowest BCUT2D eigenvalue weighted by Gasteiger charge is -2.44. The highest BCUT2D eigenvalue weighted by Crippen LogP contribution is 2.42. The zero-order chi connectivity index (χ0) is 12.5. The molecule has 1 aliphatic carbocycles. The van der Waals surface area contributed by atoms with Crippen LogP contribution in [0.15, 0.2) is 0 Å². The molecule has 0 aromatic carbocycles. The van der Waals surface area contributed by atoms with Gasteiger partial charge in [-0.2, -0.15) is 0 Å². The summed E-state index contributed by atoms with van der Waals surface area (Å²) in [6.07, 6.45) is 5.76. The van der Waals surface area contributed by atoms with Crippen molar-refractivity contribution in [3.8, 4) is 0 Å². The van der Waals surface area contributed by atoms with Crippen molar-refractivity contribution in [2.45, 2.75) is 71.2 Å². The first-order valence-electron chi connectivity index (χ1n) is 6.85. The SMILES string of the molecule is CCC(=O)C(C)(C)[C@@H]1CCOC2(CCCC2)O1. The average molecular weight is 240 g/mol. The lowest BCUT2D eigenvalue weighted by atomic mass is 9.79. The Labute approximate surface area is 104 Å². The topological polar surface area (TPSA) is 35.5 Å². The molecule has 0 aromatic rings. The molecule has 1 heterocycles. The smallest absolute Gasteiger partial charge is 0.168 e. The van der Waals surface area contributed by atoms with Gasteiger partial charge in [0.15, 0.2) is 5.79 Å². The van der Waals surface area contributed by atoms with E-state index in [2.05, 4.69) is 0 Å². The predicted molar refractivity (Wildman–Crippen MR) is 65.7 cm³/mol. The van der Waals surface area contributed by atoms with Crippen LogP contribution in [0.5, 0.6) is 0 Å². The van der Waals surface area contributed by atoms with Gasteiger partial charge in [0.25, 0.3) is 0 Å². The number of rotatable bonds is 3. The van der Waals surface area contributed by atoms with E-state index in [0.29, 0.717) is 6.42 Å². The Kier molecular flexibility index (Phi) is 3.60. The van der Waals surface area contributed by atoms with Crippen molar-refractivity contribution < 1.29 is 14.3 Å². The van der Waals surface area contributed by atoms with Gasteiger partial charge in [-0.15, -0.1) is 0 Å². The van der Waals surface area contributed by atoms with Gasteiger partial charge < -0.3 is 9.47 Å². The molecule has 1 spiro atoms. The Balaban J connectivity index is 2.09. The molecule has 0 aromatic heterocycles. The Morgan fingerprint density at radius 1 is 1.35 bits per heavy atom. The molecule has 17 heavy (non-hydrogen) atoms. The summed E-state index contributed by atoms with van der Waals surface area (Å²) in [6.45, 7) is 6.68. The highest BCUT2D eigenvalue weighted by atomic mass is 16.7. The summed E-state index contributed by atoms with van der Waals surface area (Å²) in [5, 5.41) is 0. The molecule has 1 aliphatic heterocycles. The van der Waals surface area contributed by atoms with E-state index in [1.54, 1.807) is 0 Å². The van der Waals surface area contributed by atoms with Crippen LogP contribution in [0, 0.1) is 5.41 Å². The minimum atomic E-state index is -0.381. The molecular formula is C14H24O3. The molecule has 2 fully saturated rings. The maximum absolute atomic E-state index is 12.0. The molecule has 3 nitrogen and oxygen atoms in total. The first kappa shape index (κ1) is 13.0. The van der Waals surface area contributed by atoms with Crippen LogP contribution >= 0.6 is 0 Å². The Hall–Kier alpha value is -0.410. The highest BCUT2D eigenvalue weighted by Gasteiger charge is 2.47. The third kappa shape index (κ3) is 2.41. The van der Waals surface area contributed by atoms with Crippen molar-refractivity contribution in [2.75, 3.05) is 6.61 Å². The van der Waals surface area contributed by atoms with Gasteiger partial charge in [-0.25, -0.2) is 0 Å². The average Bonchev–Trinajstić information content (AvgIpc) is 2.76. The van der Waals surface area contributed by atoms with E-state index in [4.69, 9.17) is 9.47 Å². The van der Waals surface area contributed by atoms with Crippen molar-refractivity contribution in [2.24, 2.45) is 5.41 Å². The van der Waals surface area contributed by atoms with Crippen LogP contribution < -0.4 is 0 Å². The molecule has 1 saturated heterocycles. The molecule has 0 unspecified atom stereocenters. The quantitative estimate of drug-likeness (QED) is 0.760. The lowest BCUT2D eigenvalue weighted by Crippen LogP contribution is -2.50. The van der Waals surface area contributed by atoms with E-state index >= 15 is 0 Å². The standard InChI is InChI=1S/C14H24O3/c1-4-11(15)13(2,3)12-7-10-16-14(17-12)8-5-6-9-14/h12H,4-10H2,1-3H3/t12-/m0/s1. The van der Waals surface area contributed by atoms with Crippen LogP contribution in [0.25, 0.3) is 0 Å². The van der Waals surface area contributed by atoms with Crippen molar-refractivity contribution >= 4 is 5.78 Å². The summed E-state index contributed by atoms with van der Waals surface area (Å²) in [6, 6.07) is 0. The number of carbonyl (C=O) groups is 1. The third-order valence-electron chi connectivity index (χ3n) is 4.31. The van der Waals surface area contributed by atoms with E-state index < -0.39 is 0 Å². The summed E-state index contributed by atoms with van der Waals surface area (Å²) < 4.78 is 12.0. The third-order valence-corrected chi connectivity index (χ3v) is 4.31. The minimum absolute atomic E-state index is 0.0156. The largest absolute Gasteiger partial charge is 0.350 e. The van der Waals surface area contributed by atoms with E-state index in [1.807, 2.05) is 20.8 Å². The second-order valence-corrected chi connectivity index (χ2v) is 5.86. The van der Waals surface area contributed by atoms with E-state index in [-0.39, 0.29) is 23.1 Å². The summed E-state index contributed by atoms with van der Waals surface area (Å²) in [5.41, 5.74) is -0.381. The second-order valence-electron chi connectivity index (χ2n) is 5.86. The Morgan fingerprint density at radius 2 is 2.00 bits per heavy atom. The van der Waals surface area contributed by atoms with Gasteiger partial charge in [0.1, 0.15) is 5.78 Å². The number of carbonyl (C=O) groups excluding carboxylic acids is 1. The van der Waals surface area contributed by atoms with Gasteiger partial charge in [-0.05, 0) is 19.3 Å². The molecule has 2 aliphatic rings. The molecule has 2 rings (SSSR count). The summed E-state index contributed by atoms with van der Waals surface area (Å²) in [5.74, 6) is -0.0775. The number of hydrogen-bond acceptors (Lipinski definition) is 3. The summed E-state index contributed by atoms with van der Waals surface area (Å²) >= 11 is 0. The molecule has 1 atom stereocenters. The maximum Gasteiger partial charge on any atom is 0.168 e. The fourth-order valence-electron chi connectivity index (χ4n) is 3.02. The van der Waals surface area contributed by atoms with Gasteiger partial charge in [-0.1, -0.05) is 20.8 Å². The Bertz CT molecular complexity index is 290. The fraction of sp³-hybridized carbons (Fsp3) is 0.929. The van der Waals surface area contributed by atoms with Gasteiger partial charge in [-0.3, -0.25) is 4.79 Å². The predicted octanol–water partition coefficient (Wildman–Crippen LogP) is 3.07. The first-order chi connectivity index (χ1) is 8.00. The van der Waals surface area contributed by atoms with Crippen molar-refractivity contribution in [3.05, 3.63) is 0 Å². The molecule has 1 saturated carbocycles. The Morgan fingerprint density at radius 3 is 2.59 bits per heavy atom. The van der Waals surface area contributed by atoms with Crippen molar-refractivity contribution in [1.29, 1.82) is 0 Å². The zero-order valence-corrected chi connectivity index (χ0v) is 11.3. The van der Waals surface area contributed by atoms with Crippen LogP contribution in [0.4, 0.5) is 0 Å². The zero-order valence-electron chi connectivity index (χ0n) is 11.3. The molecular weight excluding hydrogens is 216 g/mol. The molecule has 3 heteroatoms. The molecule has 0 radical (unpaired) electrons. The van der Waals surface area contributed by atoms with Crippen LogP contribution in [0.2, 0.25) is 0 Å². The van der Waals surface area contributed by atoms with E-state index in [0.717, 1.165) is 25.9 Å². The van der Waals surface area contributed by atoms with Crippen molar-refractivity contribution in [1.82, 2.24) is 0 Å². The molecule has 0 amide bonds. The van der Waals surface area contributed by atoms with Gasteiger partial charge in [0.2, 0.25) is 0 Å². The highest BCUT2D eigenvalue weighted by molar-refractivity contribution is 5.84. The fourth-order valence-corrected chi connectivity index (χ4v) is 3.02. The number of ether oxygens (including phenoxy) is 2.